The molecule has 1 aromatic heterocycles. The van der Waals surface area contributed by atoms with E-state index in [2.05, 4.69) is 30.1 Å². The monoisotopic (exact) mass is 393 g/mol. The summed E-state index contributed by atoms with van der Waals surface area (Å²) in [7, 11) is -1.16. The molecular weight excluding hydrogens is 362 g/mol. The van der Waals surface area contributed by atoms with E-state index < -0.39 is 8.07 Å². The molecular formula is C19H31N3O4Si. The summed E-state index contributed by atoms with van der Waals surface area (Å²) in [6.45, 7) is 10.1. The lowest BCUT2D eigenvalue weighted by atomic mass is 9.79. The van der Waals surface area contributed by atoms with E-state index in [1.54, 1.807) is 11.6 Å². The SMILES string of the molecule is CCOC(=O)c1nn(COCC[Si](C)(C)C)c2c1CCC1(CCC(=O)N1)C2. The number of rotatable bonds is 7. The van der Waals surface area contributed by atoms with E-state index in [1.807, 2.05) is 0 Å². The first-order valence-electron chi connectivity index (χ1n) is 9.87. The molecule has 1 aliphatic heterocycles. The summed E-state index contributed by atoms with van der Waals surface area (Å²) >= 11 is 0. The van der Waals surface area contributed by atoms with Crippen molar-refractivity contribution in [3.05, 3.63) is 17.0 Å². The third kappa shape index (κ3) is 4.60. The Balaban J connectivity index is 1.80. The Bertz CT molecular complexity index is 725. The molecule has 27 heavy (non-hydrogen) atoms. The van der Waals surface area contributed by atoms with Crippen LogP contribution in [-0.2, 0) is 33.8 Å². The van der Waals surface area contributed by atoms with E-state index in [-0.39, 0.29) is 17.4 Å². The number of aromatic nitrogens is 2. The van der Waals surface area contributed by atoms with Crippen molar-refractivity contribution in [2.45, 2.75) is 77.0 Å². The first kappa shape index (κ1) is 20.1. The van der Waals surface area contributed by atoms with Gasteiger partial charge >= 0.3 is 5.97 Å². The molecule has 2 aliphatic rings. The zero-order valence-electron chi connectivity index (χ0n) is 16.9. The number of ether oxygens (including phenoxy) is 2. The summed E-state index contributed by atoms with van der Waals surface area (Å²) in [4.78, 5) is 24.1. The fraction of sp³-hybridized carbons (Fsp3) is 0.737. The highest BCUT2D eigenvalue weighted by molar-refractivity contribution is 6.76. The maximum absolute atomic E-state index is 12.4. The molecule has 150 valence electrons. The molecule has 7 nitrogen and oxygen atoms in total. The van der Waals surface area contributed by atoms with Crippen LogP contribution in [0.5, 0.6) is 0 Å². The summed E-state index contributed by atoms with van der Waals surface area (Å²) < 4.78 is 12.9. The van der Waals surface area contributed by atoms with Crippen LogP contribution in [-0.4, -0.2) is 48.5 Å². The van der Waals surface area contributed by atoms with Gasteiger partial charge in [-0.3, -0.25) is 4.79 Å². The molecule has 1 saturated heterocycles. The van der Waals surface area contributed by atoms with Crippen molar-refractivity contribution in [1.82, 2.24) is 15.1 Å². The number of amides is 1. The number of carbonyl (C=O) groups excluding carboxylic acids is 2. The summed E-state index contributed by atoms with van der Waals surface area (Å²) in [5.41, 5.74) is 2.15. The highest BCUT2D eigenvalue weighted by Gasteiger charge is 2.43. The average molecular weight is 394 g/mol. The van der Waals surface area contributed by atoms with Crippen molar-refractivity contribution in [2.75, 3.05) is 13.2 Å². The number of esters is 1. The van der Waals surface area contributed by atoms with Crippen LogP contribution in [0.2, 0.25) is 25.7 Å². The van der Waals surface area contributed by atoms with Gasteiger partial charge in [0.2, 0.25) is 5.91 Å². The lowest BCUT2D eigenvalue weighted by Crippen LogP contribution is -2.46. The summed E-state index contributed by atoms with van der Waals surface area (Å²) in [5.74, 6) is -0.262. The minimum Gasteiger partial charge on any atom is -0.461 e. The first-order chi connectivity index (χ1) is 12.7. The molecule has 1 atom stereocenters. The molecule has 1 amide bonds. The van der Waals surface area contributed by atoms with Gasteiger partial charge < -0.3 is 14.8 Å². The Morgan fingerprint density at radius 2 is 2.04 bits per heavy atom. The molecule has 0 saturated carbocycles. The standard InChI is InChI=1S/C19H31N3O4Si/c1-5-26-18(24)17-14-6-8-19(9-7-16(23)20-19)12-15(14)22(21-17)13-25-10-11-27(2,3)4/h5-13H2,1-4H3,(H,20,23). The van der Waals surface area contributed by atoms with Crippen LogP contribution in [0.3, 0.4) is 0 Å². The molecule has 1 aromatic rings. The normalized spacial score (nSPS) is 22.0. The van der Waals surface area contributed by atoms with E-state index in [1.165, 1.54) is 0 Å². The van der Waals surface area contributed by atoms with Gasteiger partial charge in [-0.15, -0.1) is 0 Å². The smallest absolute Gasteiger partial charge is 0.359 e. The fourth-order valence-corrected chi connectivity index (χ4v) is 4.62. The van der Waals surface area contributed by atoms with Gasteiger partial charge in [0.15, 0.2) is 5.69 Å². The van der Waals surface area contributed by atoms with Gasteiger partial charge in [0.1, 0.15) is 6.73 Å². The molecule has 0 aromatic carbocycles. The Morgan fingerprint density at radius 1 is 1.30 bits per heavy atom. The van der Waals surface area contributed by atoms with Crippen LogP contribution in [0.4, 0.5) is 0 Å². The molecule has 3 rings (SSSR count). The molecule has 1 aliphatic carbocycles. The Labute approximate surface area is 161 Å². The van der Waals surface area contributed by atoms with Gasteiger partial charge in [-0.05, 0) is 32.2 Å². The number of nitrogens with zero attached hydrogens (tertiary/aromatic N) is 2. The number of carbonyl (C=O) groups is 2. The van der Waals surface area contributed by atoms with Gasteiger partial charge in [0, 0.05) is 44.3 Å². The Morgan fingerprint density at radius 3 is 2.67 bits per heavy atom. The molecule has 1 spiro atoms. The molecule has 0 radical (unpaired) electrons. The van der Waals surface area contributed by atoms with Crippen LogP contribution >= 0.6 is 0 Å². The number of hydrogen-bond acceptors (Lipinski definition) is 5. The highest BCUT2D eigenvalue weighted by atomic mass is 28.3. The van der Waals surface area contributed by atoms with Gasteiger partial charge in [0.05, 0.1) is 6.61 Å². The van der Waals surface area contributed by atoms with Crippen molar-refractivity contribution >= 4 is 20.0 Å². The van der Waals surface area contributed by atoms with Gasteiger partial charge in [-0.1, -0.05) is 19.6 Å². The summed E-state index contributed by atoms with van der Waals surface area (Å²) in [5, 5.41) is 7.69. The molecule has 1 fully saturated rings. The van der Waals surface area contributed by atoms with E-state index in [0.717, 1.165) is 36.6 Å². The Kier molecular flexibility index (Phi) is 5.76. The number of nitrogens with one attached hydrogen (secondary N) is 1. The van der Waals surface area contributed by atoms with Gasteiger partial charge in [-0.25, -0.2) is 9.48 Å². The largest absolute Gasteiger partial charge is 0.461 e. The van der Waals surface area contributed by atoms with Crippen LogP contribution in [0.15, 0.2) is 0 Å². The first-order valence-corrected chi connectivity index (χ1v) is 13.6. The van der Waals surface area contributed by atoms with Crippen molar-refractivity contribution in [1.29, 1.82) is 0 Å². The fourth-order valence-electron chi connectivity index (χ4n) is 3.86. The zero-order chi connectivity index (χ0) is 19.7. The lowest BCUT2D eigenvalue weighted by Gasteiger charge is -2.33. The van der Waals surface area contributed by atoms with Gasteiger partial charge in [0.25, 0.3) is 0 Å². The third-order valence-electron chi connectivity index (χ3n) is 5.44. The van der Waals surface area contributed by atoms with Crippen LogP contribution in [0, 0.1) is 0 Å². The van der Waals surface area contributed by atoms with Crippen LogP contribution in [0.25, 0.3) is 0 Å². The second-order valence-electron chi connectivity index (χ2n) is 8.85. The predicted octanol–water partition coefficient (Wildman–Crippen LogP) is 2.51. The average Bonchev–Trinajstić information content (AvgIpc) is 3.12. The molecule has 8 heteroatoms. The second-order valence-corrected chi connectivity index (χ2v) is 14.5. The topological polar surface area (TPSA) is 82.4 Å². The summed E-state index contributed by atoms with van der Waals surface area (Å²) in [6.07, 6.45) is 3.65. The van der Waals surface area contributed by atoms with E-state index in [0.29, 0.717) is 38.5 Å². The molecule has 2 heterocycles. The minimum atomic E-state index is -1.16. The zero-order valence-corrected chi connectivity index (χ0v) is 17.9. The van der Waals surface area contributed by atoms with Crippen LogP contribution in [0.1, 0.15) is 47.9 Å². The van der Waals surface area contributed by atoms with E-state index in [9.17, 15) is 9.59 Å². The minimum absolute atomic E-state index is 0.113. The van der Waals surface area contributed by atoms with Crippen molar-refractivity contribution in [3.8, 4) is 0 Å². The van der Waals surface area contributed by atoms with E-state index >= 15 is 0 Å². The molecule has 1 N–H and O–H groups in total. The van der Waals surface area contributed by atoms with Crippen molar-refractivity contribution < 1.29 is 19.1 Å². The molecule has 1 unspecified atom stereocenters. The Hall–Kier alpha value is -1.67. The third-order valence-corrected chi connectivity index (χ3v) is 7.14. The highest BCUT2D eigenvalue weighted by Crippen LogP contribution is 2.36. The van der Waals surface area contributed by atoms with Crippen molar-refractivity contribution in [3.63, 3.8) is 0 Å². The lowest BCUT2D eigenvalue weighted by molar-refractivity contribution is -0.119. The maximum atomic E-state index is 12.4. The second kappa shape index (κ2) is 7.75. The quantitative estimate of drug-likeness (QED) is 0.437. The number of fused-ring (bicyclic) bond motifs is 1. The summed E-state index contributed by atoms with van der Waals surface area (Å²) in [6, 6.07) is 1.08. The maximum Gasteiger partial charge on any atom is 0.359 e. The molecule has 0 bridgehead atoms. The van der Waals surface area contributed by atoms with Crippen molar-refractivity contribution in [2.24, 2.45) is 0 Å². The van der Waals surface area contributed by atoms with Gasteiger partial charge in [-0.2, -0.15) is 5.10 Å². The van der Waals surface area contributed by atoms with Crippen LogP contribution < -0.4 is 5.32 Å². The van der Waals surface area contributed by atoms with E-state index in [4.69, 9.17) is 9.47 Å². The number of hydrogen-bond donors (Lipinski definition) is 1. The predicted molar refractivity (Wildman–Crippen MR) is 104 cm³/mol.